The Balaban J connectivity index is 2.00. The van der Waals surface area contributed by atoms with Gasteiger partial charge in [0.25, 0.3) is 0 Å². The molecule has 0 aliphatic heterocycles. The molecular weight excluding hydrogens is 269 g/mol. The van der Waals surface area contributed by atoms with Crippen molar-refractivity contribution in [3.8, 4) is 0 Å². The average Bonchev–Trinajstić information content (AvgIpc) is 2.37. The van der Waals surface area contributed by atoms with Gasteiger partial charge in [0.15, 0.2) is 5.78 Å². The Morgan fingerprint density at radius 2 is 1.75 bits per heavy atom. The first-order valence-corrected chi connectivity index (χ1v) is 6.08. The first-order valence-electron chi connectivity index (χ1n) is 6.08. The summed E-state index contributed by atoms with van der Waals surface area (Å²) in [5, 5.41) is 1.92. The number of hydrogen-bond donors (Lipinski definition) is 0. The van der Waals surface area contributed by atoms with Crippen LogP contribution in [-0.4, -0.2) is 25.2 Å². The van der Waals surface area contributed by atoms with Crippen molar-refractivity contribution >= 4 is 16.6 Å². The lowest BCUT2D eigenvalue weighted by atomic mass is 10.0. The molecule has 0 saturated heterocycles. The lowest BCUT2D eigenvalue weighted by molar-refractivity contribution is -0.175. The topological polar surface area (TPSA) is 26.3 Å². The number of carbonyl (C=O) groups is 1. The number of rotatable bonds is 5. The molecule has 0 saturated carbocycles. The monoisotopic (exact) mass is 282 g/mol. The van der Waals surface area contributed by atoms with E-state index in [9.17, 15) is 18.0 Å². The second-order valence-electron chi connectivity index (χ2n) is 4.46. The van der Waals surface area contributed by atoms with Crippen molar-refractivity contribution < 1.29 is 22.7 Å². The zero-order valence-electron chi connectivity index (χ0n) is 10.6. The summed E-state index contributed by atoms with van der Waals surface area (Å²) in [5.74, 6) is -0.370. The Morgan fingerprint density at radius 3 is 2.50 bits per heavy atom. The van der Waals surface area contributed by atoms with Crippen molar-refractivity contribution in [3.63, 3.8) is 0 Å². The fraction of sp³-hybridized carbons (Fsp3) is 0.267. The van der Waals surface area contributed by atoms with Crippen LogP contribution in [0.2, 0.25) is 0 Å². The Bertz CT molecular complexity index is 600. The molecule has 2 aromatic carbocycles. The first kappa shape index (κ1) is 14.5. The number of hydrogen-bond acceptors (Lipinski definition) is 2. The van der Waals surface area contributed by atoms with Gasteiger partial charge >= 0.3 is 6.18 Å². The van der Waals surface area contributed by atoms with Crippen LogP contribution in [-0.2, 0) is 16.0 Å². The highest BCUT2D eigenvalue weighted by atomic mass is 19.4. The summed E-state index contributed by atoms with van der Waals surface area (Å²) in [7, 11) is 0. The van der Waals surface area contributed by atoms with Crippen LogP contribution in [0.3, 0.4) is 0 Å². The molecule has 2 aromatic rings. The minimum Gasteiger partial charge on any atom is -0.364 e. The lowest BCUT2D eigenvalue weighted by Gasteiger charge is -2.08. The van der Waals surface area contributed by atoms with E-state index in [4.69, 9.17) is 0 Å². The van der Waals surface area contributed by atoms with Crippen molar-refractivity contribution in [3.05, 3.63) is 48.0 Å². The number of ketones is 1. The fourth-order valence-electron chi connectivity index (χ4n) is 1.99. The smallest absolute Gasteiger partial charge is 0.364 e. The molecule has 0 aliphatic rings. The van der Waals surface area contributed by atoms with Crippen molar-refractivity contribution in [2.75, 3.05) is 13.2 Å². The van der Waals surface area contributed by atoms with Crippen LogP contribution in [0.4, 0.5) is 13.2 Å². The quantitative estimate of drug-likeness (QED) is 0.838. The molecule has 0 bridgehead atoms. The number of alkyl halides is 3. The molecule has 0 aromatic heterocycles. The first-order chi connectivity index (χ1) is 9.46. The van der Waals surface area contributed by atoms with E-state index in [-0.39, 0.29) is 12.2 Å². The normalized spacial score (nSPS) is 11.8. The van der Waals surface area contributed by atoms with Gasteiger partial charge in [-0.25, -0.2) is 0 Å². The number of Topliss-reactive ketones (excluding diaryl/α,β-unsaturated/α-hetero) is 1. The van der Waals surface area contributed by atoms with Gasteiger partial charge in [0.1, 0.15) is 13.2 Å². The Kier molecular flexibility index (Phi) is 4.39. The maximum absolute atomic E-state index is 11.9. The van der Waals surface area contributed by atoms with E-state index < -0.39 is 19.4 Å². The molecule has 20 heavy (non-hydrogen) atoms. The van der Waals surface area contributed by atoms with Crippen LogP contribution in [0.25, 0.3) is 10.8 Å². The van der Waals surface area contributed by atoms with Crippen molar-refractivity contribution in [1.82, 2.24) is 0 Å². The highest BCUT2D eigenvalue weighted by Crippen LogP contribution is 2.19. The second kappa shape index (κ2) is 6.05. The summed E-state index contributed by atoms with van der Waals surface area (Å²) in [6.45, 7) is -1.92. The predicted octanol–water partition coefficient (Wildman–Crippen LogP) is 3.53. The molecule has 0 N–H and O–H groups in total. The van der Waals surface area contributed by atoms with E-state index in [1.165, 1.54) is 0 Å². The van der Waals surface area contributed by atoms with Crippen molar-refractivity contribution in [2.45, 2.75) is 12.6 Å². The average molecular weight is 282 g/mol. The van der Waals surface area contributed by atoms with Crippen LogP contribution in [0.1, 0.15) is 5.56 Å². The van der Waals surface area contributed by atoms with Gasteiger partial charge < -0.3 is 4.74 Å². The van der Waals surface area contributed by atoms with Gasteiger partial charge in [-0.1, -0.05) is 42.5 Å². The molecule has 0 heterocycles. The summed E-state index contributed by atoms with van der Waals surface area (Å²) >= 11 is 0. The maximum atomic E-state index is 11.9. The zero-order valence-corrected chi connectivity index (χ0v) is 10.6. The summed E-state index contributed by atoms with van der Waals surface area (Å²) in [6, 6.07) is 13.1. The van der Waals surface area contributed by atoms with E-state index in [1.807, 2.05) is 36.4 Å². The van der Waals surface area contributed by atoms with Crippen LogP contribution in [0, 0.1) is 0 Å². The molecule has 0 fully saturated rings. The Morgan fingerprint density at radius 1 is 1.05 bits per heavy atom. The van der Waals surface area contributed by atoms with Crippen LogP contribution < -0.4 is 0 Å². The van der Waals surface area contributed by atoms with Crippen LogP contribution in [0.15, 0.2) is 42.5 Å². The molecule has 2 rings (SSSR count). The molecule has 106 valence electrons. The molecule has 0 amide bonds. The van der Waals surface area contributed by atoms with Gasteiger partial charge in [0.2, 0.25) is 0 Å². The van der Waals surface area contributed by atoms with E-state index in [0.717, 1.165) is 16.3 Å². The van der Waals surface area contributed by atoms with Gasteiger partial charge in [-0.15, -0.1) is 0 Å². The van der Waals surface area contributed by atoms with Gasteiger partial charge in [-0.05, 0) is 16.3 Å². The van der Waals surface area contributed by atoms with Crippen LogP contribution in [0.5, 0.6) is 0 Å². The minimum atomic E-state index is -4.40. The largest absolute Gasteiger partial charge is 0.411 e. The van der Waals surface area contributed by atoms with Gasteiger partial charge in [-0.2, -0.15) is 13.2 Å². The summed E-state index contributed by atoms with van der Waals surface area (Å²) in [6.07, 6.45) is -4.33. The molecule has 0 unspecified atom stereocenters. The number of benzene rings is 2. The third-order valence-electron chi connectivity index (χ3n) is 2.80. The molecular formula is C15H13F3O2. The SMILES string of the molecule is O=C(COCC(F)(F)F)Cc1cccc2ccccc12. The van der Waals surface area contributed by atoms with Crippen LogP contribution >= 0.6 is 0 Å². The molecule has 0 spiro atoms. The van der Waals surface area contributed by atoms with Crippen molar-refractivity contribution in [1.29, 1.82) is 0 Å². The van der Waals surface area contributed by atoms with Crippen molar-refractivity contribution in [2.24, 2.45) is 0 Å². The third-order valence-corrected chi connectivity index (χ3v) is 2.80. The molecule has 2 nitrogen and oxygen atoms in total. The Hall–Kier alpha value is -1.88. The van der Waals surface area contributed by atoms with E-state index in [2.05, 4.69) is 4.74 Å². The molecule has 0 radical (unpaired) electrons. The van der Waals surface area contributed by atoms with Gasteiger partial charge in [0, 0.05) is 6.42 Å². The van der Waals surface area contributed by atoms with E-state index in [0.29, 0.717) is 0 Å². The highest BCUT2D eigenvalue weighted by Gasteiger charge is 2.27. The fourth-order valence-corrected chi connectivity index (χ4v) is 1.99. The number of halogens is 3. The van der Waals surface area contributed by atoms with E-state index >= 15 is 0 Å². The van der Waals surface area contributed by atoms with Gasteiger partial charge in [-0.3, -0.25) is 4.79 Å². The minimum absolute atomic E-state index is 0.0687. The number of fused-ring (bicyclic) bond motifs is 1. The third kappa shape index (κ3) is 4.06. The standard InChI is InChI=1S/C15H13F3O2/c16-15(17,18)10-20-9-13(19)8-12-6-3-5-11-4-1-2-7-14(11)12/h1-7H,8-10H2. The number of carbonyl (C=O) groups excluding carboxylic acids is 1. The molecule has 0 aliphatic carbocycles. The summed E-state index contributed by atoms with van der Waals surface area (Å²) in [5.41, 5.74) is 0.795. The second-order valence-corrected chi connectivity index (χ2v) is 4.46. The maximum Gasteiger partial charge on any atom is 0.411 e. The predicted molar refractivity (Wildman–Crippen MR) is 69.5 cm³/mol. The number of ether oxygens (including phenoxy) is 1. The Labute approximate surface area is 114 Å². The lowest BCUT2D eigenvalue weighted by Crippen LogP contribution is -2.21. The summed E-state index contributed by atoms with van der Waals surface area (Å²) < 4.78 is 40.1. The molecule has 0 atom stereocenters. The molecule has 5 heteroatoms. The van der Waals surface area contributed by atoms with E-state index in [1.54, 1.807) is 6.07 Å². The summed E-state index contributed by atoms with van der Waals surface area (Å²) in [4.78, 5) is 11.6. The highest BCUT2D eigenvalue weighted by molar-refractivity contribution is 5.91. The zero-order chi connectivity index (χ0) is 14.6. The van der Waals surface area contributed by atoms with Gasteiger partial charge in [0.05, 0.1) is 0 Å².